The van der Waals surface area contributed by atoms with Crippen LogP contribution in [0.4, 0.5) is 0 Å². The van der Waals surface area contributed by atoms with Crippen LogP contribution in [0.3, 0.4) is 0 Å². The van der Waals surface area contributed by atoms with E-state index < -0.39 is 30.0 Å². The van der Waals surface area contributed by atoms with E-state index in [4.69, 9.17) is 10.5 Å². The lowest BCUT2D eigenvalue weighted by atomic mass is 9.74. The molecule has 1 fully saturated rings. The molecule has 0 radical (unpaired) electrons. The summed E-state index contributed by atoms with van der Waals surface area (Å²) in [5.74, 6) is -1.85. The van der Waals surface area contributed by atoms with Gasteiger partial charge in [0.2, 0.25) is 5.91 Å². The number of nitrogens with one attached hydrogen (secondary N) is 1. The van der Waals surface area contributed by atoms with Crippen molar-refractivity contribution < 1.29 is 24.5 Å². The summed E-state index contributed by atoms with van der Waals surface area (Å²) >= 11 is 0. The second-order valence-electron chi connectivity index (χ2n) is 5.77. The smallest absolute Gasteiger partial charge is 0.311 e. The number of esters is 1. The average molecular weight is 316 g/mol. The fourth-order valence-electron chi connectivity index (χ4n) is 3.01. The average Bonchev–Trinajstić information content (AvgIpc) is 2.47. The number of carbonyl (C=O) groups is 2. The summed E-state index contributed by atoms with van der Waals surface area (Å²) in [6.07, 6.45) is 1.26. The zero-order chi connectivity index (χ0) is 16.7. The molecule has 1 rings (SSSR count). The van der Waals surface area contributed by atoms with Gasteiger partial charge in [0, 0.05) is 18.4 Å². The SMILES string of the molecule is CCCC(=O)NC1CCC(C(CO)C(=O)OCC)C(O)C1N. The third-order valence-corrected chi connectivity index (χ3v) is 4.23. The van der Waals surface area contributed by atoms with Gasteiger partial charge in [0.15, 0.2) is 0 Å². The van der Waals surface area contributed by atoms with Crippen molar-refractivity contribution in [2.24, 2.45) is 17.6 Å². The quantitative estimate of drug-likeness (QED) is 0.472. The fraction of sp³-hybridized carbons (Fsp3) is 0.867. The van der Waals surface area contributed by atoms with Crippen LogP contribution in [0, 0.1) is 11.8 Å². The lowest BCUT2D eigenvalue weighted by Crippen LogP contribution is -2.60. The molecule has 5 unspecified atom stereocenters. The number of ether oxygens (including phenoxy) is 1. The van der Waals surface area contributed by atoms with Crippen molar-refractivity contribution >= 4 is 11.9 Å². The summed E-state index contributed by atoms with van der Waals surface area (Å²) in [6, 6.07) is -0.977. The van der Waals surface area contributed by atoms with Crippen LogP contribution in [0.25, 0.3) is 0 Å². The van der Waals surface area contributed by atoms with Gasteiger partial charge in [-0.3, -0.25) is 9.59 Å². The molecule has 0 aromatic rings. The Balaban J connectivity index is 2.69. The van der Waals surface area contributed by atoms with E-state index in [-0.39, 0.29) is 25.2 Å². The van der Waals surface area contributed by atoms with Crippen molar-refractivity contribution in [3.8, 4) is 0 Å². The molecular weight excluding hydrogens is 288 g/mol. The van der Waals surface area contributed by atoms with Gasteiger partial charge < -0.3 is 26.0 Å². The number of hydrogen-bond acceptors (Lipinski definition) is 6. The van der Waals surface area contributed by atoms with E-state index in [1.54, 1.807) is 6.92 Å². The molecule has 0 bridgehead atoms. The van der Waals surface area contributed by atoms with Crippen LogP contribution in [0.15, 0.2) is 0 Å². The first-order valence-electron chi connectivity index (χ1n) is 7.96. The van der Waals surface area contributed by atoms with Crippen LogP contribution in [0.2, 0.25) is 0 Å². The third kappa shape index (κ3) is 4.66. The van der Waals surface area contributed by atoms with Gasteiger partial charge in [-0.2, -0.15) is 0 Å². The molecule has 7 nitrogen and oxygen atoms in total. The molecule has 22 heavy (non-hydrogen) atoms. The Labute approximate surface area is 131 Å². The standard InChI is InChI=1S/C15H28N2O5/c1-3-5-12(19)17-11-7-6-9(14(20)13(11)16)10(8-18)15(21)22-4-2/h9-11,13-14,18,20H,3-8,16H2,1-2H3,(H,17,19). The van der Waals surface area contributed by atoms with Crippen LogP contribution < -0.4 is 11.1 Å². The van der Waals surface area contributed by atoms with Gasteiger partial charge in [-0.05, 0) is 26.2 Å². The van der Waals surface area contributed by atoms with Gasteiger partial charge in [-0.25, -0.2) is 0 Å². The Morgan fingerprint density at radius 2 is 2.05 bits per heavy atom. The van der Waals surface area contributed by atoms with E-state index in [0.29, 0.717) is 19.3 Å². The molecule has 0 heterocycles. The summed E-state index contributed by atoms with van der Waals surface area (Å²) in [4.78, 5) is 23.5. The van der Waals surface area contributed by atoms with E-state index in [1.165, 1.54) is 0 Å². The molecule has 1 amide bonds. The van der Waals surface area contributed by atoms with Gasteiger partial charge in [0.25, 0.3) is 0 Å². The number of amides is 1. The van der Waals surface area contributed by atoms with Crippen LogP contribution in [0.1, 0.15) is 39.5 Å². The normalized spacial score (nSPS) is 29.7. The molecule has 128 valence electrons. The van der Waals surface area contributed by atoms with Crippen LogP contribution in [-0.2, 0) is 14.3 Å². The van der Waals surface area contributed by atoms with Crippen molar-refractivity contribution in [1.29, 1.82) is 0 Å². The van der Waals surface area contributed by atoms with E-state index in [1.807, 2.05) is 6.92 Å². The Hall–Kier alpha value is -1.18. The topological polar surface area (TPSA) is 122 Å². The minimum atomic E-state index is -0.970. The van der Waals surface area contributed by atoms with E-state index in [2.05, 4.69) is 5.32 Å². The Kier molecular flexibility index (Phi) is 7.78. The second-order valence-corrected chi connectivity index (χ2v) is 5.77. The molecule has 0 aliphatic heterocycles. The van der Waals surface area contributed by atoms with Gasteiger partial charge in [0.05, 0.1) is 31.3 Å². The van der Waals surface area contributed by atoms with E-state index in [0.717, 1.165) is 6.42 Å². The summed E-state index contributed by atoms with van der Waals surface area (Å²) in [6.45, 7) is 3.44. The maximum absolute atomic E-state index is 11.9. The summed E-state index contributed by atoms with van der Waals surface area (Å²) in [5, 5.41) is 22.6. The zero-order valence-electron chi connectivity index (χ0n) is 13.3. The number of aliphatic hydroxyl groups excluding tert-OH is 2. The van der Waals surface area contributed by atoms with Crippen molar-refractivity contribution in [3.05, 3.63) is 0 Å². The molecule has 0 spiro atoms. The van der Waals surface area contributed by atoms with Crippen LogP contribution >= 0.6 is 0 Å². The van der Waals surface area contributed by atoms with Crippen LogP contribution in [0.5, 0.6) is 0 Å². The van der Waals surface area contributed by atoms with Crippen molar-refractivity contribution in [2.75, 3.05) is 13.2 Å². The largest absolute Gasteiger partial charge is 0.466 e. The van der Waals surface area contributed by atoms with E-state index >= 15 is 0 Å². The monoisotopic (exact) mass is 316 g/mol. The highest BCUT2D eigenvalue weighted by molar-refractivity contribution is 5.76. The maximum Gasteiger partial charge on any atom is 0.311 e. The number of carbonyl (C=O) groups excluding carboxylic acids is 2. The van der Waals surface area contributed by atoms with Crippen LogP contribution in [-0.4, -0.2) is 53.5 Å². The minimum absolute atomic E-state index is 0.0855. The molecule has 7 heteroatoms. The lowest BCUT2D eigenvalue weighted by molar-refractivity contribution is -0.155. The molecule has 0 aromatic heterocycles. The van der Waals surface area contributed by atoms with E-state index in [9.17, 15) is 19.8 Å². The Morgan fingerprint density at radius 1 is 1.36 bits per heavy atom. The molecule has 0 saturated heterocycles. The first kappa shape index (κ1) is 18.9. The first-order chi connectivity index (χ1) is 10.5. The minimum Gasteiger partial charge on any atom is -0.466 e. The predicted octanol–water partition coefficient (Wildman–Crippen LogP) is -0.459. The van der Waals surface area contributed by atoms with Crippen molar-refractivity contribution in [1.82, 2.24) is 5.32 Å². The molecular formula is C15H28N2O5. The molecule has 0 aromatic carbocycles. The molecule has 1 aliphatic carbocycles. The first-order valence-corrected chi connectivity index (χ1v) is 7.96. The van der Waals surface area contributed by atoms with Gasteiger partial charge in [0.1, 0.15) is 0 Å². The van der Waals surface area contributed by atoms with Gasteiger partial charge in [-0.15, -0.1) is 0 Å². The number of hydrogen-bond donors (Lipinski definition) is 4. The van der Waals surface area contributed by atoms with Crippen molar-refractivity contribution in [3.63, 3.8) is 0 Å². The molecule has 5 N–H and O–H groups in total. The second kappa shape index (κ2) is 9.07. The molecule has 5 atom stereocenters. The fourth-order valence-corrected chi connectivity index (χ4v) is 3.01. The number of aliphatic hydroxyl groups is 2. The highest BCUT2D eigenvalue weighted by atomic mass is 16.5. The predicted molar refractivity (Wildman–Crippen MR) is 80.8 cm³/mol. The molecule has 1 saturated carbocycles. The summed E-state index contributed by atoms with van der Waals surface area (Å²) in [7, 11) is 0. The third-order valence-electron chi connectivity index (χ3n) is 4.23. The number of nitrogens with two attached hydrogens (primary N) is 1. The summed E-state index contributed by atoms with van der Waals surface area (Å²) in [5.41, 5.74) is 6.03. The van der Waals surface area contributed by atoms with Crippen molar-refractivity contribution in [2.45, 2.75) is 57.7 Å². The Morgan fingerprint density at radius 3 is 2.59 bits per heavy atom. The number of rotatable bonds is 7. The van der Waals surface area contributed by atoms with Gasteiger partial charge in [-0.1, -0.05) is 6.92 Å². The summed E-state index contributed by atoms with van der Waals surface area (Å²) < 4.78 is 4.93. The maximum atomic E-state index is 11.9. The lowest BCUT2D eigenvalue weighted by Gasteiger charge is -2.41. The van der Waals surface area contributed by atoms with Gasteiger partial charge >= 0.3 is 5.97 Å². The highest BCUT2D eigenvalue weighted by Crippen LogP contribution is 2.31. The molecule has 1 aliphatic rings. The Bertz CT molecular complexity index is 377. The zero-order valence-corrected chi connectivity index (χ0v) is 13.3. The highest BCUT2D eigenvalue weighted by Gasteiger charge is 2.43.